The Balaban J connectivity index is 2.18. The minimum absolute atomic E-state index is 0.0970. The predicted octanol–water partition coefficient (Wildman–Crippen LogP) is 5.16. The van der Waals surface area contributed by atoms with Crippen LogP contribution in [0.1, 0.15) is 53.9 Å². The number of hydrogen-bond acceptors (Lipinski definition) is 3. The number of aryl methyl sites for hydroxylation is 1. The van der Waals surface area contributed by atoms with E-state index in [4.69, 9.17) is 17.0 Å². The summed E-state index contributed by atoms with van der Waals surface area (Å²) in [6.07, 6.45) is 0. The summed E-state index contributed by atoms with van der Waals surface area (Å²) in [4.78, 5) is 12.1. The summed E-state index contributed by atoms with van der Waals surface area (Å²) < 4.78 is 5.12. The van der Waals surface area contributed by atoms with Crippen LogP contribution in [0, 0.1) is 19.8 Å². The Morgan fingerprint density at radius 1 is 1.11 bits per heavy atom. The Morgan fingerprint density at radius 2 is 1.81 bits per heavy atom. The van der Waals surface area contributed by atoms with E-state index in [1.807, 2.05) is 31.2 Å². The molecule has 0 spiro atoms. The third-order valence-corrected chi connectivity index (χ3v) is 4.77. The van der Waals surface area contributed by atoms with Crippen molar-refractivity contribution in [3.8, 4) is 0 Å². The third-order valence-electron chi connectivity index (χ3n) is 4.55. The van der Waals surface area contributed by atoms with E-state index >= 15 is 0 Å². The van der Waals surface area contributed by atoms with Crippen LogP contribution in [0.3, 0.4) is 0 Å². The first-order valence-electron chi connectivity index (χ1n) is 9.24. The van der Waals surface area contributed by atoms with Crippen molar-refractivity contribution in [2.75, 3.05) is 11.9 Å². The smallest absolute Gasteiger partial charge is 0.338 e. The van der Waals surface area contributed by atoms with E-state index in [0.717, 1.165) is 11.3 Å². The summed E-state index contributed by atoms with van der Waals surface area (Å²) in [5.74, 6) is 0.0373. The number of anilines is 1. The van der Waals surface area contributed by atoms with Gasteiger partial charge < -0.3 is 15.4 Å². The van der Waals surface area contributed by atoms with Crippen molar-refractivity contribution in [2.24, 2.45) is 5.92 Å². The zero-order valence-corrected chi connectivity index (χ0v) is 17.4. The van der Waals surface area contributed by atoms with Gasteiger partial charge in [-0.3, -0.25) is 0 Å². The van der Waals surface area contributed by atoms with Crippen molar-refractivity contribution in [3.05, 3.63) is 64.7 Å². The van der Waals surface area contributed by atoms with Crippen LogP contribution < -0.4 is 10.6 Å². The number of hydrogen-bond donors (Lipinski definition) is 2. The molecular formula is C22H28N2O2S. The van der Waals surface area contributed by atoms with Crippen LogP contribution in [0.15, 0.2) is 42.5 Å². The quantitative estimate of drug-likeness (QED) is 0.532. The second-order valence-electron chi connectivity index (χ2n) is 6.88. The van der Waals surface area contributed by atoms with E-state index in [1.54, 1.807) is 13.0 Å². The number of carbonyl (C=O) groups excluding carboxylic acids is 1. The number of rotatable bonds is 6. The first-order valence-corrected chi connectivity index (χ1v) is 9.65. The fourth-order valence-corrected chi connectivity index (χ4v) is 3.28. The van der Waals surface area contributed by atoms with Crippen LogP contribution >= 0.6 is 12.2 Å². The molecule has 2 rings (SSSR count). The van der Waals surface area contributed by atoms with Crippen LogP contribution in [0.4, 0.5) is 5.69 Å². The Labute approximate surface area is 167 Å². The lowest BCUT2D eigenvalue weighted by molar-refractivity contribution is 0.0525. The van der Waals surface area contributed by atoms with Gasteiger partial charge in [-0.25, -0.2) is 4.79 Å². The van der Waals surface area contributed by atoms with Crippen molar-refractivity contribution in [1.82, 2.24) is 5.32 Å². The molecule has 0 bridgehead atoms. The van der Waals surface area contributed by atoms with Crippen LogP contribution in [-0.4, -0.2) is 17.7 Å². The lowest BCUT2D eigenvalue weighted by atomic mass is 9.93. The van der Waals surface area contributed by atoms with Crippen molar-refractivity contribution in [1.29, 1.82) is 0 Å². The second-order valence-corrected chi connectivity index (χ2v) is 7.28. The highest BCUT2D eigenvalue weighted by atomic mass is 32.1. The highest BCUT2D eigenvalue weighted by molar-refractivity contribution is 7.80. The number of carbonyl (C=O) groups is 1. The second kappa shape index (κ2) is 9.51. The zero-order chi connectivity index (χ0) is 20.0. The summed E-state index contributed by atoms with van der Waals surface area (Å²) in [6, 6.07) is 13.9. The van der Waals surface area contributed by atoms with Gasteiger partial charge in [0.1, 0.15) is 0 Å². The van der Waals surface area contributed by atoms with E-state index < -0.39 is 0 Å². The lowest BCUT2D eigenvalue weighted by Crippen LogP contribution is -2.35. The molecule has 0 saturated carbocycles. The molecular weight excluding hydrogens is 356 g/mol. The Hall–Kier alpha value is -2.40. The topological polar surface area (TPSA) is 50.4 Å². The first-order chi connectivity index (χ1) is 12.8. The van der Waals surface area contributed by atoms with Gasteiger partial charge in [0.25, 0.3) is 0 Å². The number of ether oxygens (including phenoxy) is 1. The molecule has 0 aliphatic heterocycles. The number of thiocarbonyl (C=S) groups is 1. The van der Waals surface area contributed by atoms with Gasteiger partial charge in [-0.1, -0.05) is 44.2 Å². The molecule has 0 amide bonds. The van der Waals surface area contributed by atoms with Gasteiger partial charge >= 0.3 is 5.97 Å². The van der Waals surface area contributed by atoms with Gasteiger partial charge in [-0.2, -0.15) is 0 Å². The summed E-state index contributed by atoms with van der Waals surface area (Å²) in [5, 5.41) is 7.19. The summed E-state index contributed by atoms with van der Waals surface area (Å²) in [5.41, 5.74) is 4.62. The molecule has 1 atom stereocenters. The maximum absolute atomic E-state index is 12.1. The molecule has 2 aromatic rings. The van der Waals surface area contributed by atoms with Gasteiger partial charge in [0.15, 0.2) is 5.11 Å². The molecule has 0 radical (unpaired) electrons. The van der Waals surface area contributed by atoms with Crippen molar-refractivity contribution in [3.63, 3.8) is 0 Å². The maximum Gasteiger partial charge on any atom is 0.338 e. The monoisotopic (exact) mass is 384 g/mol. The van der Waals surface area contributed by atoms with E-state index in [-0.39, 0.29) is 12.0 Å². The van der Waals surface area contributed by atoms with Crippen LogP contribution in [0.25, 0.3) is 0 Å². The van der Waals surface area contributed by atoms with Gasteiger partial charge in [-0.05, 0) is 67.7 Å². The SMILES string of the molecule is CCOC(=O)c1cccc(NC(=S)NC(c2ccccc2C)C(C)C)c1C. The molecule has 2 N–H and O–H groups in total. The maximum atomic E-state index is 12.1. The van der Waals surface area contributed by atoms with Gasteiger partial charge in [0, 0.05) is 5.69 Å². The minimum atomic E-state index is -0.322. The molecule has 0 aliphatic carbocycles. The number of esters is 1. The normalized spacial score (nSPS) is 11.8. The summed E-state index contributed by atoms with van der Waals surface area (Å²) in [7, 11) is 0. The van der Waals surface area contributed by atoms with E-state index in [0.29, 0.717) is 23.2 Å². The van der Waals surface area contributed by atoms with Crippen molar-refractivity contribution >= 4 is 29.0 Å². The van der Waals surface area contributed by atoms with Crippen molar-refractivity contribution < 1.29 is 9.53 Å². The average Bonchev–Trinajstić information content (AvgIpc) is 2.62. The third kappa shape index (κ3) is 5.30. The Bertz CT molecular complexity index is 818. The number of benzene rings is 2. The Kier molecular flexibility index (Phi) is 7.36. The molecule has 4 nitrogen and oxygen atoms in total. The van der Waals surface area contributed by atoms with Crippen LogP contribution in [0.5, 0.6) is 0 Å². The van der Waals surface area contributed by atoms with Crippen molar-refractivity contribution in [2.45, 2.75) is 40.7 Å². The fourth-order valence-electron chi connectivity index (χ4n) is 3.04. The van der Waals surface area contributed by atoms with Gasteiger partial charge in [-0.15, -0.1) is 0 Å². The first kappa shape index (κ1) is 20.9. The Morgan fingerprint density at radius 3 is 2.44 bits per heavy atom. The number of nitrogens with one attached hydrogen (secondary N) is 2. The highest BCUT2D eigenvalue weighted by Crippen LogP contribution is 2.25. The zero-order valence-electron chi connectivity index (χ0n) is 16.6. The summed E-state index contributed by atoms with van der Waals surface area (Å²) in [6.45, 7) is 10.5. The summed E-state index contributed by atoms with van der Waals surface area (Å²) >= 11 is 5.56. The van der Waals surface area contributed by atoms with Gasteiger partial charge in [0.05, 0.1) is 18.2 Å². The van der Waals surface area contributed by atoms with Crippen LogP contribution in [0.2, 0.25) is 0 Å². The molecule has 27 heavy (non-hydrogen) atoms. The molecule has 144 valence electrons. The average molecular weight is 385 g/mol. The highest BCUT2D eigenvalue weighted by Gasteiger charge is 2.19. The lowest BCUT2D eigenvalue weighted by Gasteiger charge is -2.26. The molecule has 0 fully saturated rings. The predicted molar refractivity (Wildman–Crippen MR) is 115 cm³/mol. The molecule has 0 aromatic heterocycles. The molecule has 1 unspecified atom stereocenters. The minimum Gasteiger partial charge on any atom is -0.462 e. The van der Waals surface area contributed by atoms with E-state index in [1.165, 1.54) is 11.1 Å². The molecule has 0 heterocycles. The van der Waals surface area contributed by atoms with E-state index in [2.05, 4.69) is 43.5 Å². The standard InChI is InChI=1S/C22H28N2O2S/c1-6-26-21(25)18-12-9-13-19(16(18)5)23-22(27)24-20(14(2)3)17-11-8-7-10-15(17)4/h7-14,20H,6H2,1-5H3,(H2,23,24,27). The molecule has 5 heteroatoms. The molecule has 2 aromatic carbocycles. The van der Waals surface area contributed by atoms with Crippen LogP contribution in [-0.2, 0) is 4.74 Å². The van der Waals surface area contributed by atoms with Gasteiger partial charge in [0.2, 0.25) is 0 Å². The largest absolute Gasteiger partial charge is 0.462 e. The molecule has 0 aliphatic rings. The fraction of sp³-hybridized carbons (Fsp3) is 0.364. The van der Waals surface area contributed by atoms with E-state index in [9.17, 15) is 4.79 Å². The molecule has 0 saturated heterocycles.